The molecule has 0 fully saturated rings. The maximum atomic E-state index is 12.5. The Morgan fingerprint density at radius 1 is 1.00 bits per heavy atom. The van der Waals surface area contributed by atoms with Crippen LogP contribution in [0.5, 0.6) is 0 Å². The number of nitrogens with one attached hydrogen (secondary N) is 2. The predicted octanol–water partition coefficient (Wildman–Crippen LogP) is 3.14. The number of pyridine rings is 1. The third kappa shape index (κ3) is 4.00. The van der Waals surface area contributed by atoms with Gasteiger partial charge in [0.2, 0.25) is 5.91 Å². The van der Waals surface area contributed by atoms with E-state index in [0.29, 0.717) is 24.2 Å². The maximum absolute atomic E-state index is 12.5. The van der Waals surface area contributed by atoms with Gasteiger partial charge in [-0.05, 0) is 54.3 Å². The molecular weight excluding hydrogens is 380 g/mol. The Kier molecular flexibility index (Phi) is 5.18. The lowest BCUT2D eigenvalue weighted by molar-refractivity contribution is -0.118. The molecule has 4 amide bonds. The summed E-state index contributed by atoms with van der Waals surface area (Å²) in [6, 6.07) is 16.5. The number of likely N-dealkylation sites (N-methyl/N-ethyl adjacent to an activating group) is 1. The van der Waals surface area contributed by atoms with E-state index in [-0.39, 0.29) is 17.9 Å². The Balaban J connectivity index is 1.54. The lowest BCUT2D eigenvalue weighted by Crippen LogP contribution is -2.45. The summed E-state index contributed by atoms with van der Waals surface area (Å²) in [5, 5.41) is 6.10. The van der Waals surface area contributed by atoms with Gasteiger partial charge in [-0.1, -0.05) is 24.3 Å². The zero-order valence-electron chi connectivity index (χ0n) is 16.8. The van der Waals surface area contributed by atoms with Gasteiger partial charge in [-0.3, -0.25) is 14.9 Å². The number of rotatable bonds is 3. The molecule has 2 aromatic carbocycles. The average Bonchev–Trinajstić information content (AvgIpc) is 3.14. The molecule has 0 saturated carbocycles. The molecule has 1 aromatic heterocycles. The Morgan fingerprint density at radius 2 is 1.70 bits per heavy atom. The largest absolute Gasteiger partial charge is 0.324 e. The molecule has 0 spiro atoms. The van der Waals surface area contributed by atoms with Gasteiger partial charge in [-0.15, -0.1) is 0 Å². The molecule has 2 N–H and O–H groups in total. The van der Waals surface area contributed by atoms with Crippen LogP contribution >= 0.6 is 0 Å². The summed E-state index contributed by atoms with van der Waals surface area (Å²) in [6.45, 7) is 1.32. The number of urea groups is 1. The van der Waals surface area contributed by atoms with E-state index in [0.717, 1.165) is 22.0 Å². The van der Waals surface area contributed by atoms with Crippen LogP contribution in [0, 0.1) is 0 Å². The summed E-state index contributed by atoms with van der Waals surface area (Å²) in [7, 11) is 1.69. The number of anilines is 1. The fourth-order valence-corrected chi connectivity index (χ4v) is 3.74. The normalized spacial score (nSPS) is 14.8. The molecule has 152 valence electrons. The highest BCUT2D eigenvalue weighted by Crippen LogP contribution is 2.29. The summed E-state index contributed by atoms with van der Waals surface area (Å²) < 4.78 is 0. The van der Waals surface area contributed by atoms with Gasteiger partial charge in [-0.2, -0.15) is 0 Å². The molecule has 1 atom stereocenters. The van der Waals surface area contributed by atoms with Crippen molar-refractivity contribution in [3.63, 3.8) is 0 Å². The number of imide groups is 1. The van der Waals surface area contributed by atoms with Gasteiger partial charge in [0.05, 0.1) is 5.52 Å². The number of para-hydroxylation sites is 1. The average molecular weight is 402 g/mol. The van der Waals surface area contributed by atoms with Gasteiger partial charge in [-0.25, -0.2) is 9.78 Å². The highest BCUT2D eigenvalue weighted by Gasteiger charge is 2.28. The van der Waals surface area contributed by atoms with Crippen LogP contribution in [0.3, 0.4) is 0 Å². The summed E-state index contributed by atoms with van der Waals surface area (Å²) in [5.74, 6) is -0.638. The summed E-state index contributed by atoms with van der Waals surface area (Å²) >= 11 is 0. The van der Waals surface area contributed by atoms with Crippen molar-refractivity contribution in [3.05, 3.63) is 71.4 Å². The molecule has 0 bridgehead atoms. The maximum Gasteiger partial charge on any atom is 0.324 e. The first-order chi connectivity index (χ1) is 14.4. The minimum atomic E-state index is -0.400. The first kappa shape index (κ1) is 19.6. The third-order valence-corrected chi connectivity index (χ3v) is 5.34. The molecule has 7 nitrogen and oxygen atoms in total. The van der Waals surface area contributed by atoms with Crippen LogP contribution < -0.4 is 10.6 Å². The Bertz CT molecular complexity index is 1140. The number of fused-ring (bicyclic) bond motifs is 2. The molecular formula is C23H22N4O3. The van der Waals surface area contributed by atoms with Gasteiger partial charge in [0, 0.05) is 31.1 Å². The van der Waals surface area contributed by atoms with Crippen LogP contribution in [0.25, 0.3) is 10.9 Å². The molecule has 7 heteroatoms. The van der Waals surface area contributed by atoms with Crippen LogP contribution in [-0.2, 0) is 17.6 Å². The molecule has 0 aliphatic heterocycles. The summed E-state index contributed by atoms with van der Waals surface area (Å²) in [6.07, 6.45) is 1.39. The number of hydrogen-bond donors (Lipinski definition) is 2. The number of aromatic nitrogens is 1. The Labute approximate surface area is 174 Å². The van der Waals surface area contributed by atoms with Gasteiger partial charge < -0.3 is 10.2 Å². The van der Waals surface area contributed by atoms with E-state index in [2.05, 4.69) is 21.7 Å². The minimum absolute atomic E-state index is 0.0305. The second-order valence-electron chi connectivity index (χ2n) is 7.49. The quantitative estimate of drug-likeness (QED) is 0.704. The standard InChI is InChI=1S/C23H22N4O3/c1-14(28)24-23(30)27(2)19-11-16-10-15-8-9-20(26-21(15)13-17(16)12-19)22(29)25-18-6-4-3-5-7-18/h3-10,13,19H,11-12H2,1-2H3,(H,25,29)(H,24,28,30). The molecule has 3 aromatic rings. The first-order valence-electron chi connectivity index (χ1n) is 9.74. The van der Waals surface area contributed by atoms with Crippen molar-refractivity contribution in [1.29, 1.82) is 0 Å². The highest BCUT2D eigenvalue weighted by atomic mass is 16.2. The van der Waals surface area contributed by atoms with E-state index in [1.807, 2.05) is 42.5 Å². The molecule has 30 heavy (non-hydrogen) atoms. The molecule has 0 radical (unpaired) electrons. The minimum Gasteiger partial charge on any atom is -0.324 e. The zero-order valence-corrected chi connectivity index (χ0v) is 16.8. The van der Waals surface area contributed by atoms with Gasteiger partial charge in [0.25, 0.3) is 5.91 Å². The molecule has 1 aliphatic carbocycles. The van der Waals surface area contributed by atoms with Crippen LogP contribution in [0.1, 0.15) is 28.5 Å². The summed E-state index contributed by atoms with van der Waals surface area (Å²) in [4.78, 5) is 41.9. The van der Waals surface area contributed by atoms with E-state index in [9.17, 15) is 14.4 Å². The molecule has 1 heterocycles. The van der Waals surface area contributed by atoms with Gasteiger partial charge in [0.15, 0.2) is 0 Å². The van der Waals surface area contributed by atoms with Crippen molar-refractivity contribution in [2.45, 2.75) is 25.8 Å². The predicted molar refractivity (Wildman–Crippen MR) is 114 cm³/mol. The fraction of sp³-hybridized carbons (Fsp3) is 0.217. The number of benzene rings is 2. The van der Waals surface area contributed by atoms with Crippen molar-refractivity contribution in [1.82, 2.24) is 15.2 Å². The lowest BCUT2D eigenvalue weighted by atomic mass is 10.1. The van der Waals surface area contributed by atoms with Crippen molar-refractivity contribution >= 4 is 34.4 Å². The van der Waals surface area contributed by atoms with Crippen molar-refractivity contribution in [2.24, 2.45) is 0 Å². The number of carbonyl (C=O) groups is 3. The zero-order chi connectivity index (χ0) is 21.3. The monoisotopic (exact) mass is 402 g/mol. The third-order valence-electron chi connectivity index (χ3n) is 5.34. The number of hydrogen-bond acceptors (Lipinski definition) is 4. The van der Waals surface area contributed by atoms with Crippen molar-refractivity contribution < 1.29 is 14.4 Å². The topological polar surface area (TPSA) is 91.4 Å². The van der Waals surface area contributed by atoms with Crippen LogP contribution in [-0.4, -0.2) is 40.8 Å². The highest BCUT2D eigenvalue weighted by molar-refractivity contribution is 6.04. The smallest absolute Gasteiger partial charge is 0.324 e. The molecule has 1 unspecified atom stereocenters. The van der Waals surface area contributed by atoms with Crippen LogP contribution in [0.15, 0.2) is 54.6 Å². The Hall–Kier alpha value is -3.74. The van der Waals surface area contributed by atoms with Gasteiger partial charge >= 0.3 is 6.03 Å². The van der Waals surface area contributed by atoms with E-state index in [1.54, 1.807) is 18.0 Å². The molecule has 4 rings (SSSR count). The van der Waals surface area contributed by atoms with Gasteiger partial charge in [0.1, 0.15) is 5.69 Å². The number of carbonyl (C=O) groups excluding carboxylic acids is 3. The molecule has 1 aliphatic rings. The van der Waals surface area contributed by atoms with E-state index < -0.39 is 6.03 Å². The van der Waals surface area contributed by atoms with E-state index in [4.69, 9.17) is 0 Å². The number of amides is 4. The van der Waals surface area contributed by atoms with Crippen LogP contribution in [0.4, 0.5) is 10.5 Å². The summed E-state index contributed by atoms with van der Waals surface area (Å²) in [5.41, 5.74) is 4.05. The fourth-order valence-electron chi connectivity index (χ4n) is 3.74. The second-order valence-corrected chi connectivity index (χ2v) is 7.49. The van der Waals surface area contributed by atoms with Crippen molar-refractivity contribution in [3.8, 4) is 0 Å². The van der Waals surface area contributed by atoms with E-state index >= 15 is 0 Å². The molecule has 0 saturated heterocycles. The Morgan fingerprint density at radius 3 is 2.40 bits per heavy atom. The lowest BCUT2D eigenvalue weighted by Gasteiger charge is -2.23. The SMILES string of the molecule is CC(=O)NC(=O)N(C)C1Cc2cc3ccc(C(=O)Nc4ccccc4)nc3cc2C1. The second kappa shape index (κ2) is 7.94. The number of nitrogens with zero attached hydrogens (tertiary/aromatic N) is 2. The van der Waals surface area contributed by atoms with Crippen LogP contribution in [0.2, 0.25) is 0 Å². The van der Waals surface area contributed by atoms with E-state index in [1.165, 1.54) is 6.92 Å². The van der Waals surface area contributed by atoms with Crippen molar-refractivity contribution in [2.75, 3.05) is 12.4 Å². The first-order valence-corrected chi connectivity index (χ1v) is 9.74.